The van der Waals surface area contributed by atoms with Crippen LogP contribution in [0.2, 0.25) is 0 Å². The summed E-state index contributed by atoms with van der Waals surface area (Å²) in [7, 11) is 0. The van der Waals surface area contributed by atoms with Gasteiger partial charge < -0.3 is 18.8 Å². The highest BCUT2D eigenvalue weighted by molar-refractivity contribution is 6.05. The maximum atomic E-state index is 13.7. The number of hydrogen-bond acceptors (Lipinski definition) is 5. The van der Waals surface area contributed by atoms with Gasteiger partial charge in [-0.25, -0.2) is 0 Å². The Hall–Kier alpha value is -4.06. The summed E-state index contributed by atoms with van der Waals surface area (Å²) in [6, 6.07) is 20.3. The van der Waals surface area contributed by atoms with Crippen molar-refractivity contribution >= 4 is 16.9 Å². The van der Waals surface area contributed by atoms with Gasteiger partial charge >= 0.3 is 0 Å². The molecule has 6 nitrogen and oxygen atoms in total. The van der Waals surface area contributed by atoms with Gasteiger partial charge in [-0.15, -0.1) is 0 Å². The first-order chi connectivity index (χ1) is 16.6. The van der Waals surface area contributed by atoms with Crippen LogP contribution in [0.1, 0.15) is 28.4 Å². The second kappa shape index (κ2) is 9.06. The molecule has 3 aromatic carbocycles. The summed E-state index contributed by atoms with van der Waals surface area (Å²) in [5.74, 6) is 1.62. The van der Waals surface area contributed by atoms with Gasteiger partial charge in [0, 0.05) is 29.8 Å². The van der Waals surface area contributed by atoms with Crippen LogP contribution >= 0.6 is 0 Å². The normalized spacial score (nSPS) is 12.5. The average Bonchev–Trinajstić information content (AvgIpc) is 2.89. The molecule has 6 heteroatoms. The largest absolute Gasteiger partial charge is 0.486 e. The Bertz CT molecular complexity index is 1420. The van der Waals surface area contributed by atoms with Crippen molar-refractivity contribution in [2.75, 3.05) is 19.8 Å². The summed E-state index contributed by atoms with van der Waals surface area (Å²) in [4.78, 5) is 28.6. The average molecular weight is 456 g/mol. The van der Waals surface area contributed by atoms with Crippen LogP contribution in [0.25, 0.3) is 22.3 Å². The Morgan fingerprint density at radius 3 is 2.50 bits per heavy atom. The summed E-state index contributed by atoms with van der Waals surface area (Å²) in [6.07, 6.45) is 0. The third kappa shape index (κ3) is 3.81. The van der Waals surface area contributed by atoms with Crippen molar-refractivity contribution < 1.29 is 18.7 Å². The number of ether oxygens (including phenoxy) is 2. The minimum absolute atomic E-state index is 0.138. The first-order valence-electron chi connectivity index (χ1n) is 11.4. The molecule has 0 N–H and O–H groups in total. The number of nitrogens with zero attached hydrogens (tertiary/aromatic N) is 1. The molecule has 0 bridgehead atoms. The maximum Gasteiger partial charge on any atom is 0.257 e. The fraction of sp³-hybridized carbons (Fsp3) is 0.214. The third-order valence-corrected chi connectivity index (χ3v) is 6.09. The number of benzene rings is 3. The van der Waals surface area contributed by atoms with E-state index in [1.165, 1.54) is 0 Å². The zero-order chi connectivity index (χ0) is 23.7. The van der Waals surface area contributed by atoms with Crippen LogP contribution in [0.4, 0.5) is 0 Å². The fourth-order valence-electron chi connectivity index (χ4n) is 4.30. The predicted octanol–water partition coefficient (Wildman–Crippen LogP) is 5.20. The molecule has 0 radical (unpaired) electrons. The number of carbonyl (C=O) groups excluding carboxylic acids is 1. The summed E-state index contributed by atoms with van der Waals surface area (Å²) < 4.78 is 17.8. The van der Waals surface area contributed by atoms with Crippen molar-refractivity contribution in [3.8, 4) is 22.8 Å². The van der Waals surface area contributed by atoms with Gasteiger partial charge in [-0.2, -0.15) is 0 Å². The van der Waals surface area contributed by atoms with Gasteiger partial charge in [0.05, 0.1) is 10.9 Å². The Balaban J connectivity index is 1.58. The van der Waals surface area contributed by atoms with Crippen LogP contribution in [0.5, 0.6) is 11.5 Å². The van der Waals surface area contributed by atoms with E-state index in [2.05, 4.69) is 0 Å². The molecule has 1 aliphatic heterocycles. The van der Waals surface area contributed by atoms with Crippen molar-refractivity contribution in [2.24, 2.45) is 0 Å². The lowest BCUT2D eigenvalue weighted by Crippen LogP contribution is -2.31. The molecule has 1 amide bonds. The Morgan fingerprint density at radius 1 is 0.941 bits per heavy atom. The predicted molar refractivity (Wildman–Crippen MR) is 131 cm³/mol. The molecule has 4 aromatic rings. The van der Waals surface area contributed by atoms with Crippen LogP contribution in [-0.2, 0) is 6.54 Å². The molecule has 0 spiro atoms. The molecule has 0 aliphatic carbocycles. The van der Waals surface area contributed by atoms with Crippen molar-refractivity contribution in [3.63, 3.8) is 0 Å². The Labute approximate surface area is 197 Å². The lowest BCUT2D eigenvalue weighted by molar-refractivity contribution is 0.0750. The van der Waals surface area contributed by atoms with Gasteiger partial charge in [0.2, 0.25) is 0 Å². The molecule has 5 rings (SSSR count). The van der Waals surface area contributed by atoms with Crippen molar-refractivity contribution in [3.05, 3.63) is 93.6 Å². The zero-order valence-electron chi connectivity index (χ0n) is 19.2. The molecular weight excluding hydrogens is 430 g/mol. The summed E-state index contributed by atoms with van der Waals surface area (Å²) in [6.45, 7) is 5.47. The Kier molecular flexibility index (Phi) is 5.80. The SMILES string of the molecule is CCN(Cc1cccc2c1OCCO2)C(=O)c1cccc2c(=O)c(C)c(-c3ccccc3)oc12. The number of hydrogen-bond donors (Lipinski definition) is 0. The molecule has 2 heterocycles. The van der Waals surface area contributed by atoms with E-state index >= 15 is 0 Å². The van der Waals surface area contributed by atoms with Gasteiger partial charge in [0.1, 0.15) is 19.0 Å². The lowest BCUT2D eigenvalue weighted by atomic mass is 10.0. The molecule has 1 aliphatic rings. The molecule has 0 saturated heterocycles. The quantitative estimate of drug-likeness (QED) is 0.414. The molecule has 34 heavy (non-hydrogen) atoms. The molecule has 1 aromatic heterocycles. The number of fused-ring (bicyclic) bond motifs is 2. The summed E-state index contributed by atoms with van der Waals surface area (Å²) in [5.41, 5.74) is 2.70. The topological polar surface area (TPSA) is 69.0 Å². The maximum absolute atomic E-state index is 13.7. The van der Waals surface area contributed by atoms with Crippen LogP contribution in [0.3, 0.4) is 0 Å². The lowest BCUT2D eigenvalue weighted by Gasteiger charge is -2.25. The molecule has 172 valence electrons. The van der Waals surface area contributed by atoms with E-state index in [4.69, 9.17) is 13.9 Å². The van der Waals surface area contributed by atoms with E-state index in [9.17, 15) is 9.59 Å². The minimum atomic E-state index is -0.214. The molecular formula is C28H25NO5. The van der Waals surface area contributed by atoms with E-state index in [-0.39, 0.29) is 11.3 Å². The van der Waals surface area contributed by atoms with E-state index < -0.39 is 0 Å². The standard InChI is InChI=1S/C28H25NO5/c1-3-29(17-20-11-7-14-23-26(20)33-16-15-32-23)28(31)22-13-8-12-21-24(30)18(2)25(34-27(21)22)19-9-5-4-6-10-19/h4-14H,3,15-17H2,1-2H3. The zero-order valence-corrected chi connectivity index (χ0v) is 19.2. The highest BCUT2D eigenvalue weighted by Crippen LogP contribution is 2.35. The Morgan fingerprint density at radius 2 is 1.71 bits per heavy atom. The van der Waals surface area contributed by atoms with Crippen molar-refractivity contribution in [2.45, 2.75) is 20.4 Å². The monoisotopic (exact) mass is 455 g/mol. The van der Waals surface area contributed by atoms with E-state index in [0.29, 0.717) is 65.7 Å². The highest BCUT2D eigenvalue weighted by atomic mass is 16.6. The molecule has 0 unspecified atom stereocenters. The van der Waals surface area contributed by atoms with Crippen molar-refractivity contribution in [1.82, 2.24) is 4.90 Å². The second-order valence-corrected chi connectivity index (χ2v) is 8.19. The van der Waals surface area contributed by atoms with Gasteiger partial charge in [0.15, 0.2) is 22.5 Å². The molecule has 0 atom stereocenters. The van der Waals surface area contributed by atoms with Gasteiger partial charge in [-0.3, -0.25) is 9.59 Å². The second-order valence-electron chi connectivity index (χ2n) is 8.19. The van der Waals surface area contributed by atoms with E-state index in [1.54, 1.807) is 30.0 Å². The van der Waals surface area contributed by atoms with Crippen LogP contribution in [0.15, 0.2) is 75.9 Å². The smallest absolute Gasteiger partial charge is 0.257 e. The summed E-state index contributed by atoms with van der Waals surface area (Å²) >= 11 is 0. The highest BCUT2D eigenvalue weighted by Gasteiger charge is 2.24. The third-order valence-electron chi connectivity index (χ3n) is 6.09. The van der Waals surface area contributed by atoms with E-state index in [0.717, 1.165) is 11.1 Å². The first kappa shape index (κ1) is 21.8. The molecule has 0 saturated carbocycles. The number of amides is 1. The number of rotatable bonds is 5. The van der Waals surface area contributed by atoms with Gasteiger partial charge in [-0.05, 0) is 32.0 Å². The first-order valence-corrected chi connectivity index (χ1v) is 11.4. The minimum Gasteiger partial charge on any atom is -0.486 e. The van der Waals surface area contributed by atoms with Crippen molar-refractivity contribution in [1.29, 1.82) is 0 Å². The van der Waals surface area contributed by atoms with Crippen LogP contribution < -0.4 is 14.9 Å². The fourth-order valence-corrected chi connectivity index (χ4v) is 4.30. The van der Waals surface area contributed by atoms with Gasteiger partial charge in [0.25, 0.3) is 5.91 Å². The number of para-hydroxylation sites is 2. The molecule has 0 fully saturated rings. The van der Waals surface area contributed by atoms with Crippen LogP contribution in [-0.4, -0.2) is 30.6 Å². The van der Waals surface area contributed by atoms with E-state index in [1.807, 2.05) is 55.5 Å². The summed E-state index contributed by atoms with van der Waals surface area (Å²) in [5, 5.41) is 0.396. The number of carbonyl (C=O) groups is 1. The van der Waals surface area contributed by atoms with Gasteiger partial charge in [-0.1, -0.05) is 48.5 Å². The van der Waals surface area contributed by atoms with Crippen LogP contribution in [0, 0.1) is 6.92 Å².